The Labute approximate surface area is 203 Å². The number of piperidine rings is 1. The first kappa shape index (κ1) is 25.2. The van der Waals surface area contributed by atoms with Gasteiger partial charge in [0.05, 0.1) is 13.7 Å². The molecule has 1 saturated heterocycles. The minimum absolute atomic E-state index is 0. The molecule has 0 amide bonds. The van der Waals surface area contributed by atoms with Crippen LogP contribution in [0.4, 0.5) is 5.82 Å². The molecule has 1 aromatic heterocycles. The number of hydrogen-bond acceptors (Lipinski definition) is 4. The first-order chi connectivity index (χ1) is 14.7. The zero-order chi connectivity index (χ0) is 21.2. The van der Waals surface area contributed by atoms with E-state index in [1.165, 1.54) is 18.4 Å². The molecule has 0 saturated carbocycles. The van der Waals surface area contributed by atoms with Crippen molar-refractivity contribution in [3.8, 4) is 5.75 Å². The summed E-state index contributed by atoms with van der Waals surface area (Å²) < 4.78 is 5.21. The van der Waals surface area contributed by atoms with Crippen molar-refractivity contribution >= 4 is 35.8 Å². The van der Waals surface area contributed by atoms with E-state index < -0.39 is 0 Å². The summed E-state index contributed by atoms with van der Waals surface area (Å²) in [7, 11) is 1.69. The van der Waals surface area contributed by atoms with Crippen molar-refractivity contribution in [2.24, 2.45) is 10.9 Å². The van der Waals surface area contributed by atoms with Crippen molar-refractivity contribution in [2.75, 3.05) is 38.2 Å². The number of ether oxygens (including phenoxy) is 1. The summed E-state index contributed by atoms with van der Waals surface area (Å²) in [6.07, 6.45) is 5.39. The van der Waals surface area contributed by atoms with E-state index in [1.807, 2.05) is 18.3 Å². The van der Waals surface area contributed by atoms with Crippen LogP contribution in [0.15, 0.2) is 47.6 Å². The van der Waals surface area contributed by atoms with Gasteiger partial charge in [0.2, 0.25) is 0 Å². The second kappa shape index (κ2) is 13.4. The summed E-state index contributed by atoms with van der Waals surface area (Å²) in [6, 6.07) is 12.5. The van der Waals surface area contributed by atoms with Crippen LogP contribution in [-0.2, 0) is 13.0 Å². The number of rotatable bonds is 8. The van der Waals surface area contributed by atoms with E-state index in [0.29, 0.717) is 6.54 Å². The van der Waals surface area contributed by atoms with Gasteiger partial charge in [-0.05, 0) is 61.4 Å². The number of benzene rings is 1. The summed E-state index contributed by atoms with van der Waals surface area (Å²) in [4.78, 5) is 11.8. The van der Waals surface area contributed by atoms with Crippen LogP contribution in [0.25, 0.3) is 0 Å². The lowest BCUT2D eigenvalue weighted by atomic mass is 9.99. The van der Waals surface area contributed by atoms with Gasteiger partial charge < -0.3 is 20.3 Å². The van der Waals surface area contributed by atoms with E-state index in [4.69, 9.17) is 9.73 Å². The zero-order valence-electron chi connectivity index (χ0n) is 18.9. The molecule has 2 N–H and O–H groups in total. The Bertz CT molecular complexity index is 787. The predicted octanol–water partition coefficient (Wildman–Crippen LogP) is 4.24. The Kier molecular flexibility index (Phi) is 10.9. The fourth-order valence-electron chi connectivity index (χ4n) is 3.56. The van der Waals surface area contributed by atoms with Crippen molar-refractivity contribution in [1.82, 2.24) is 15.6 Å². The number of pyridine rings is 1. The number of methoxy groups -OCH3 is 1. The molecule has 170 valence electrons. The number of hydrogen-bond donors (Lipinski definition) is 2. The number of nitrogens with zero attached hydrogens (tertiary/aromatic N) is 3. The third-order valence-electron chi connectivity index (χ3n) is 5.55. The highest BCUT2D eigenvalue weighted by Crippen LogP contribution is 2.21. The van der Waals surface area contributed by atoms with E-state index in [-0.39, 0.29) is 24.0 Å². The maximum Gasteiger partial charge on any atom is 0.191 e. The van der Waals surface area contributed by atoms with Gasteiger partial charge in [-0.1, -0.05) is 25.1 Å². The van der Waals surface area contributed by atoms with Gasteiger partial charge in [0.1, 0.15) is 11.6 Å². The van der Waals surface area contributed by atoms with Gasteiger partial charge in [0.25, 0.3) is 0 Å². The molecule has 0 spiro atoms. The smallest absolute Gasteiger partial charge is 0.191 e. The number of anilines is 1. The summed E-state index contributed by atoms with van der Waals surface area (Å²) in [6.45, 7) is 8.89. The molecule has 3 rings (SSSR count). The molecule has 0 aliphatic carbocycles. The van der Waals surface area contributed by atoms with Crippen LogP contribution in [0.2, 0.25) is 0 Å². The molecule has 6 nitrogen and oxygen atoms in total. The fraction of sp³-hybridized carbons (Fsp3) is 0.500. The Morgan fingerprint density at radius 3 is 2.42 bits per heavy atom. The molecular weight excluding hydrogens is 501 g/mol. The van der Waals surface area contributed by atoms with Crippen LogP contribution in [-0.4, -0.2) is 44.2 Å². The highest BCUT2D eigenvalue weighted by atomic mass is 127. The Balaban J connectivity index is 0.00000341. The average Bonchev–Trinajstić information content (AvgIpc) is 2.79. The van der Waals surface area contributed by atoms with Crippen molar-refractivity contribution in [3.63, 3.8) is 0 Å². The number of aliphatic imine (C=N–C) groups is 1. The van der Waals surface area contributed by atoms with Gasteiger partial charge >= 0.3 is 0 Å². The summed E-state index contributed by atoms with van der Waals surface area (Å²) in [5, 5.41) is 6.73. The predicted molar refractivity (Wildman–Crippen MR) is 140 cm³/mol. The number of aromatic nitrogens is 1. The van der Waals surface area contributed by atoms with Crippen LogP contribution >= 0.6 is 24.0 Å². The molecule has 7 heteroatoms. The van der Waals surface area contributed by atoms with Crippen LogP contribution in [0.1, 0.15) is 37.8 Å². The molecule has 1 aliphatic heterocycles. The van der Waals surface area contributed by atoms with Gasteiger partial charge in [-0.25, -0.2) is 9.98 Å². The van der Waals surface area contributed by atoms with Gasteiger partial charge in [-0.2, -0.15) is 0 Å². The number of halogens is 1. The molecule has 2 aromatic rings. The molecule has 1 fully saturated rings. The van der Waals surface area contributed by atoms with Crippen molar-refractivity contribution < 1.29 is 4.74 Å². The molecule has 1 aromatic carbocycles. The quantitative estimate of drug-likeness (QED) is 0.300. The molecule has 0 unspecified atom stereocenters. The Morgan fingerprint density at radius 1 is 1.10 bits per heavy atom. The lowest BCUT2D eigenvalue weighted by Gasteiger charge is -2.31. The third-order valence-corrected chi connectivity index (χ3v) is 5.55. The molecule has 1 aliphatic rings. The first-order valence-corrected chi connectivity index (χ1v) is 11.0. The van der Waals surface area contributed by atoms with Gasteiger partial charge in [0, 0.05) is 32.4 Å². The standard InChI is InChI=1S/C24H35N5O.HI/c1-4-25-24(26-14-11-20-5-8-22(30-3)9-6-20)28-18-21-7-10-23(27-17-21)29-15-12-19(2)13-16-29;/h5-10,17,19H,4,11-16,18H2,1-3H3,(H2,25,26,28);1H. The molecule has 0 radical (unpaired) electrons. The van der Waals surface area contributed by atoms with Crippen molar-refractivity contribution in [3.05, 3.63) is 53.7 Å². The number of nitrogens with one attached hydrogen (secondary N) is 2. The molecule has 0 bridgehead atoms. The highest BCUT2D eigenvalue weighted by Gasteiger charge is 2.16. The van der Waals surface area contributed by atoms with E-state index in [9.17, 15) is 0 Å². The average molecular weight is 537 g/mol. The minimum Gasteiger partial charge on any atom is -0.497 e. The van der Waals surface area contributed by atoms with Crippen LogP contribution < -0.4 is 20.3 Å². The maximum atomic E-state index is 5.21. The monoisotopic (exact) mass is 537 g/mol. The first-order valence-electron chi connectivity index (χ1n) is 11.0. The maximum absolute atomic E-state index is 5.21. The zero-order valence-corrected chi connectivity index (χ0v) is 21.3. The van der Waals surface area contributed by atoms with Gasteiger partial charge in [0.15, 0.2) is 5.96 Å². The van der Waals surface area contributed by atoms with E-state index in [2.05, 4.69) is 58.6 Å². The third kappa shape index (κ3) is 8.20. The molecule has 31 heavy (non-hydrogen) atoms. The summed E-state index contributed by atoms with van der Waals surface area (Å²) >= 11 is 0. The topological polar surface area (TPSA) is 61.8 Å². The SMILES string of the molecule is CCNC(=NCc1ccc(N2CCC(C)CC2)nc1)NCCc1ccc(OC)cc1.I. The Morgan fingerprint density at radius 2 is 1.81 bits per heavy atom. The highest BCUT2D eigenvalue weighted by molar-refractivity contribution is 14.0. The minimum atomic E-state index is 0. The van der Waals surface area contributed by atoms with Crippen molar-refractivity contribution in [1.29, 1.82) is 0 Å². The normalized spacial score (nSPS) is 14.7. The summed E-state index contributed by atoms with van der Waals surface area (Å²) in [5.41, 5.74) is 2.39. The van der Waals surface area contributed by atoms with Crippen LogP contribution in [0, 0.1) is 5.92 Å². The van der Waals surface area contributed by atoms with E-state index in [0.717, 1.165) is 61.6 Å². The molecule has 0 atom stereocenters. The summed E-state index contributed by atoms with van der Waals surface area (Å²) in [5.74, 6) is 3.63. The molecular formula is C24H36IN5O. The van der Waals surface area contributed by atoms with Gasteiger partial charge in [-0.3, -0.25) is 0 Å². The largest absolute Gasteiger partial charge is 0.497 e. The van der Waals surface area contributed by atoms with Crippen LogP contribution in [0.3, 0.4) is 0 Å². The van der Waals surface area contributed by atoms with Crippen LogP contribution in [0.5, 0.6) is 5.75 Å². The fourth-order valence-corrected chi connectivity index (χ4v) is 3.56. The lowest BCUT2D eigenvalue weighted by molar-refractivity contribution is 0.414. The second-order valence-electron chi connectivity index (χ2n) is 7.91. The second-order valence-corrected chi connectivity index (χ2v) is 7.91. The van der Waals surface area contributed by atoms with Crippen molar-refractivity contribution in [2.45, 2.75) is 39.7 Å². The van der Waals surface area contributed by atoms with E-state index in [1.54, 1.807) is 7.11 Å². The lowest BCUT2D eigenvalue weighted by Crippen LogP contribution is -2.38. The molecule has 2 heterocycles. The Hall–Kier alpha value is -2.03. The number of guanidine groups is 1. The van der Waals surface area contributed by atoms with E-state index >= 15 is 0 Å². The van der Waals surface area contributed by atoms with Gasteiger partial charge in [-0.15, -0.1) is 24.0 Å².